The Kier molecular flexibility index (Phi) is 6.94. The van der Waals surface area contributed by atoms with Crippen molar-refractivity contribution in [2.45, 2.75) is 13.8 Å². The predicted molar refractivity (Wildman–Crippen MR) is 107 cm³/mol. The van der Waals surface area contributed by atoms with E-state index >= 15 is 0 Å². The number of amides is 2. The molecule has 8 heteroatoms. The molecule has 0 bridgehead atoms. The summed E-state index contributed by atoms with van der Waals surface area (Å²) in [5, 5.41) is 8.70. The fourth-order valence-corrected chi connectivity index (χ4v) is 2.57. The van der Waals surface area contributed by atoms with Crippen molar-refractivity contribution >= 4 is 52.1 Å². The highest BCUT2D eigenvalue weighted by molar-refractivity contribution is 7.80. The standard InChI is InChI=1S/C18H18ClN3O3S/c1-3-25-16-9-4-12(10-15(16)19)17(24)21-13-5-7-14(8-6-13)22-18(26)20-11(2)23/h4-10H,3H2,1-2H3,(H,21,24)(H2,20,22,23,26). The monoisotopic (exact) mass is 391 g/mol. The number of ether oxygens (including phenoxy) is 1. The van der Waals surface area contributed by atoms with Gasteiger partial charge in [0.1, 0.15) is 5.75 Å². The molecule has 2 rings (SSSR count). The Labute approximate surface area is 161 Å². The molecule has 136 valence electrons. The summed E-state index contributed by atoms with van der Waals surface area (Å²) in [6, 6.07) is 11.8. The van der Waals surface area contributed by atoms with Crippen LogP contribution in [0.15, 0.2) is 42.5 Å². The van der Waals surface area contributed by atoms with E-state index in [1.807, 2.05) is 6.92 Å². The summed E-state index contributed by atoms with van der Waals surface area (Å²) in [6.45, 7) is 3.73. The molecule has 2 aromatic rings. The Morgan fingerprint density at radius 1 is 1.08 bits per heavy atom. The molecule has 0 aliphatic heterocycles. The first kappa shape index (κ1) is 19.7. The van der Waals surface area contributed by atoms with Crippen LogP contribution in [0.5, 0.6) is 5.75 Å². The van der Waals surface area contributed by atoms with Gasteiger partial charge in [-0.1, -0.05) is 11.6 Å². The maximum Gasteiger partial charge on any atom is 0.255 e. The van der Waals surface area contributed by atoms with Gasteiger partial charge in [-0.3, -0.25) is 9.59 Å². The van der Waals surface area contributed by atoms with Crippen molar-refractivity contribution in [3.8, 4) is 5.75 Å². The van der Waals surface area contributed by atoms with Crippen LogP contribution < -0.4 is 20.7 Å². The lowest BCUT2D eigenvalue weighted by atomic mass is 10.2. The fraction of sp³-hybridized carbons (Fsp3) is 0.167. The fourth-order valence-electron chi connectivity index (χ4n) is 2.08. The number of benzene rings is 2. The summed E-state index contributed by atoms with van der Waals surface area (Å²) >= 11 is 11.1. The van der Waals surface area contributed by atoms with Crippen LogP contribution in [0.3, 0.4) is 0 Å². The normalized spacial score (nSPS) is 9.96. The van der Waals surface area contributed by atoms with Crippen LogP contribution in [0.2, 0.25) is 5.02 Å². The third-order valence-corrected chi connectivity index (χ3v) is 3.68. The molecule has 0 aliphatic rings. The van der Waals surface area contributed by atoms with E-state index in [-0.39, 0.29) is 16.9 Å². The third-order valence-electron chi connectivity index (χ3n) is 3.18. The van der Waals surface area contributed by atoms with E-state index in [1.54, 1.807) is 42.5 Å². The van der Waals surface area contributed by atoms with E-state index in [9.17, 15) is 9.59 Å². The summed E-state index contributed by atoms with van der Waals surface area (Å²) in [4.78, 5) is 23.3. The van der Waals surface area contributed by atoms with Gasteiger partial charge < -0.3 is 20.7 Å². The van der Waals surface area contributed by atoms with Crippen LogP contribution in [0.1, 0.15) is 24.2 Å². The van der Waals surface area contributed by atoms with Crippen LogP contribution in [0.25, 0.3) is 0 Å². The Morgan fingerprint density at radius 2 is 1.69 bits per heavy atom. The van der Waals surface area contributed by atoms with Gasteiger partial charge in [0.25, 0.3) is 5.91 Å². The molecule has 0 radical (unpaired) electrons. The average molecular weight is 392 g/mol. The minimum Gasteiger partial charge on any atom is -0.492 e. The van der Waals surface area contributed by atoms with Crippen molar-refractivity contribution in [1.29, 1.82) is 0 Å². The number of thiocarbonyl (C=S) groups is 1. The van der Waals surface area contributed by atoms with E-state index in [1.165, 1.54) is 6.92 Å². The lowest BCUT2D eigenvalue weighted by molar-refractivity contribution is -0.117. The van der Waals surface area contributed by atoms with Crippen molar-refractivity contribution < 1.29 is 14.3 Å². The zero-order valence-corrected chi connectivity index (χ0v) is 15.8. The lowest BCUT2D eigenvalue weighted by Crippen LogP contribution is -2.32. The van der Waals surface area contributed by atoms with Gasteiger partial charge in [-0.25, -0.2) is 0 Å². The first-order valence-electron chi connectivity index (χ1n) is 7.81. The molecule has 3 N–H and O–H groups in total. The SMILES string of the molecule is CCOc1ccc(C(=O)Nc2ccc(NC(=S)NC(C)=O)cc2)cc1Cl. The van der Waals surface area contributed by atoms with Gasteiger partial charge in [-0.05, 0) is 61.6 Å². The molecular formula is C18H18ClN3O3S. The average Bonchev–Trinajstić information content (AvgIpc) is 2.57. The van der Waals surface area contributed by atoms with Crippen LogP contribution in [-0.4, -0.2) is 23.5 Å². The number of hydrogen-bond acceptors (Lipinski definition) is 4. The molecule has 0 saturated carbocycles. The number of rotatable bonds is 5. The summed E-state index contributed by atoms with van der Waals surface area (Å²) in [5.74, 6) is 0.00103. The van der Waals surface area contributed by atoms with Crippen LogP contribution in [-0.2, 0) is 4.79 Å². The number of carbonyl (C=O) groups excluding carboxylic acids is 2. The summed E-state index contributed by atoms with van der Waals surface area (Å²) in [5.41, 5.74) is 1.72. The number of nitrogens with one attached hydrogen (secondary N) is 3. The van der Waals surface area contributed by atoms with Gasteiger partial charge in [-0.15, -0.1) is 0 Å². The molecule has 0 aliphatic carbocycles. The molecule has 0 saturated heterocycles. The second-order valence-corrected chi connectivity index (χ2v) is 6.06. The molecular weight excluding hydrogens is 374 g/mol. The van der Waals surface area contributed by atoms with E-state index in [2.05, 4.69) is 16.0 Å². The highest BCUT2D eigenvalue weighted by Crippen LogP contribution is 2.26. The quantitative estimate of drug-likeness (QED) is 0.675. The van der Waals surface area contributed by atoms with Gasteiger partial charge in [0.05, 0.1) is 11.6 Å². The second kappa shape index (κ2) is 9.17. The van der Waals surface area contributed by atoms with Gasteiger partial charge >= 0.3 is 0 Å². The molecule has 26 heavy (non-hydrogen) atoms. The number of hydrogen-bond donors (Lipinski definition) is 3. The zero-order valence-electron chi connectivity index (χ0n) is 14.3. The third kappa shape index (κ3) is 5.72. The van der Waals surface area contributed by atoms with Crippen molar-refractivity contribution in [3.63, 3.8) is 0 Å². The van der Waals surface area contributed by atoms with E-state index in [0.717, 1.165) is 0 Å². The molecule has 0 spiro atoms. The number of carbonyl (C=O) groups is 2. The first-order chi connectivity index (χ1) is 12.4. The van der Waals surface area contributed by atoms with Crippen molar-refractivity contribution in [2.75, 3.05) is 17.2 Å². The molecule has 0 fully saturated rings. The maximum atomic E-state index is 12.3. The van der Waals surface area contributed by atoms with Crippen LogP contribution in [0.4, 0.5) is 11.4 Å². The molecule has 2 aromatic carbocycles. The van der Waals surface area contributed by atoms with Crippen molar-refractivity contribution in [1.82, 2.24) is 5.32 Å². The Bertz CT molecular complexity index is 825. The maximum absolute atomic E-state index is 12.3. The smallest absolute Gasteiger partial charge is 0.255 e. The Hall–Kier alpha value is -2.64. The van der Waals surface area contributed by atoms with Gasteiger partial charge in [0.15, 0.2) is 5.11 Å². The van der Waals surface area contributed by atoms with E-state index in [0.29, 0.717) is 34.3 Å². The molecule has 0 heterocycles. The van der Waals surface area contributed by atoms with Crippen LogP contribution >= 0.6 is 23.8 Å². The lowest BCUT2D eigenvalue weighted by Gasteiger charge is -2.10. The van der Waals surface area contributed by atoms with Gasteiger partial charge in [-0.2, -0.15) is 0 Å². The van der Waals surface area contributed by atoms with E-state index < -0.39 is 0 Å². The van der Waals surface area contributed by atoms with Crippen molar-refractivity contribution in [2.24, 2.45) is 0 Å². The second-order valence-electron chi connectivity index (χ2n) is 5.24. The molecule has 0 unspecified atom stereocenters. The van der Waals surface area contributed by atoms with E-state index in [4.69, 9.17) is 28.6 Å². The Balaban J connectivity index is 2.00. The first-order valence-corrected chi connectivity index (χ1v) is 8.60. The summed E-state index contributed by atoms with van der Waals surface area (Å²) in [7, 11) is 0. The highest BCUT2D eigenvalue weighted by atomic mass is 35.5. The Morgan fingerprint density at radius 3 is 2.23 bits per heavy atom. The minimum atomic E-state index is -0.288. The largest absolute Gasteiger partial charge is 0.492 e. The van der Waals surface area contributed by atoms with Gasteiger partial charge in [0, 0.05) is 23.9 Å². The van der Waals surface area contributed by atoms with Gasteiger partial charge in [0.2, 0.25) is 5.91 Å². The topological polar surface area (TPSA) is 79.5 Å². The number of halogens is 1. The predicted octanol–water partition coefficient (Wildman–Crippen LogP) is 3.82. The molecule has 6 nitrogen and oxygen atoms in total. The molecule has 0 aromatic heterocycles. The zero-order chi connectivity index (χ0) is 19.1. The summed E-state index contributed by atoms with van der Waals surface area (Å²) < 4.78 is 5.35. The summed E-state index contributed by atoms with van der Waals surface area (Å²) in [6.07, 6.45) is 0. The minimum absolute atomic E-state index is 0.207. The molecule has 2 amide bonds. The molecule has 0 atom stereocenters. The highest BCUT2D eigenvalue weighted by Gasteiger charge is 2.10. The number of anilines is 2. The van der Waals surface area contributed by atoms with Crippen LogP contribution in [0, 0.1) is 0 Å². The van der Waals surface area contributed by atoms with Crippen molar-refractivity contribution in [3.05, 3.63) is 53.1 Å².